The highest BCUT2D eigenvalue weighted by molar-refractivity contribution is 7.91. The third-order valence-corrected chi connectivity index (χ3v) is 14.8. The SMILES string of the molecule is CCCC[C@]1(CC)CCc2ccc(OC)cc2[C@@H](c2ccccc2F)[C@H]1O.CCCC[C@]1(CC)CS(=O)(=O)c2ccc(OC)cc2[C@H](c2ccccc2F)[C@@H]1O. The van der Waals surface area contributed by atoms with Gasteiger partial charge in [-0.15, -0.1) is 0 Å². The molecule has 2 aliphatic rings. The summed E-state index contributed by atoms with van der Waals surface area (Å²) in [5, 5.41) is 23.3. The van der Waals surface area contributed by atoms with Crippen molar-refractivity contribution < 1.29 is 36.9 Å². The van der Waals surface area contributed by atoms with E-state index in [1.54, 1.807) is 43.5 Å². The highest BCUT2D eigenvalue weighted by Gasteiger charge is 2.50. The van der Waals surface area contributed by atoms with Crippen LogP contribution in [-0.2, 0) is 16.3 Å². The van der Waals surface area contributed by atoms with Crippen LogP contribution in [0.5, 0.6) is 11.5 Å². The minimum atomic E-state index is -3.68. The lowest BCUT2D eigenvalue weighted by Gasteiger charge is -2.40. The zero-order valence-corrected chi connectivity index (χ0v) is 34.7. The number of hydrogen-bond acceptors (Lipinski definition) is 6. The van der Waals surface area contributed by atoms with E-state index in [4.69, 9.17) is 9.47 Å². The maximum Gasteiger partial charge on any atom is 0.179 e. The lowest BCUT2D eigenvalue weighted by atomic mass is 9.67. The monoisotopic (exact) mass is 790 g/mol. The van der Waals surface area contributed by atoms with Gasteiger partial charge in [0.05, 0.1) is 37.1 Å². The van der Waals surface area contributed by atoms with Crippen molar-refractivity contribution in [3.63, 3.8) is 0 Å². The first kappa shape index (κ1) is 43.3. The van der Waals surface area contributed by atoms with Gasteiger partial charge in [-0.2, -0.15) is 0 Å². The molecule has 6 atom stereocenters. The third-order valence-electron chi connectivity index (χ3n) is 12.8. The molecule has 0 aromatic heterocycles. The first-order chi connectivity index (χ1) is 26.8. The summed E-state index contributed by atoms with van der Waals surface area (Å²) >= 11 is 0. The normalized spacial score (nSPS) is 25.4. The van der Waals surface area contributed by atoms with Crippen molar-refractivity contribution in [1.82, 2.24) is 0 Å². The lowest BCUT2D eigenvalue weighted by Crippen LogP contribution is -2.42. The molecule has 0 fully saturated rings. The molecule has 6 nitrogen and oxygen atoms in total. The van der Waals surface area contributed by atoms with Crippen molar-refractivity contribution in [2.45, 2.75) is 121 Å². The van der Waals surface area contributed by atoms with E-state index in [2.05, 4.69) is 19.9 Å². The number of aryl methyl sites for hydroxylation is 1. The molecule has 4 aromatic rings. The van der Waals surface area contributed by atoms with E-state index < -0.39 is 39.2 Å². The van der Waals surface area contributed by atoms with Gasteiger partial charge >= 0.3 is 0 Å². The molecule has 6 rings (SSSR count). The molecule has 9 heteroatoms. The molecule has 0 saturated heterocycles. The summed E-state index contributed by atoms with van der Waals surface area (Å²) in [5.41, 5.74) is 2.42. The number of ether oxygens (including phenoxy) is 2. The van der Waals surface area contributed by atoms with E-state index in [0.29, 0.717) is 35.3 Å². The number of rotatable bonds is 12. The molecule has 56 heavy (non-hydrogen) atoms. The van der Waals surface area contributed by atoms with Gasteiger partial charge in [0.25, 0.3) is 0 Å². The fraction of sp³-hybridized carbons (Fsp3) is 0.489. The van der Waals surface area contributed by atoms with Crippen molar-refractivity contribution in [2.75, 3.05) is 20.0 Å². The summed E-state index contributed by atoms with van der Waals surface area (Å²) in [4.78, 5) is 0.150. The van der Waals surface area contributed by atoms with Gasteiger partial charge < -0.3 is 19.7 Å². The van der Waals surface area contributed by atoms with Gasteiger partial charge in [0.2, 0.25) is 0 Å². The van der Waals surface area contributed by atoms with Gasteiger partial charge in [-0.25, -0.2) is 17.2 Å². The van der Waals surface area contributed by atoms with Crippen LogP contribution in [0.2, 0.25) is 0 Å². The molecule has 0 spiro atoms. The minimum absolute atomic E-state index is 0.150. The van der Waals surface area contributed by atoms with E-state index in [0.717, 1.165) is 62.7 Å². The molecule has 0 amide bonds. The Morgan fingerprint density at radius 1 is 0.661 bits per heavy atom. The summed E-state index contributed by atoms with van der Waals surface area (Å²) in [5.74, 6) is -0.805. The fourth-order valence-electron chi connectivity index (χ4n) is 9.25. The van der Waals surface area contributed by atoms with Crippen LogP contribution in [0.15, 0.2) is 89.8 Å². The van der Waals surface area contributed by atoms with Crippen LogP contribution in [-0.4, -0.2) is 50.8 Å². The number of methoxy groups -OCH3 is 2. The van der Waals surface area contributed by atoms with E-state index in [9.17, 15) is 27.4 Å². The smallest absolute Gasteiger partial charge is 0.179 e. The van der Waals surface area contributed by atoms with Gasteiger partial charge in [0.15, 0.2) is 9.84 Å². The van der Waals surface area contributed by atoms with E-state index in [1.807, 2.05) is 38.1 Å². The van der Waals surface area contributed by atoms with Gasteiger partial charge in [0, 0.05) is 17.3 Å². The van der Waals surface area contributed by atoms with Crippen LogP contribution in [0, 0.1) is 22.5 Å². The summed E-state index contributed by atoms with van der Waals surface area (Å²) < 4.78 is 67.2. The number of sulfone groups is 1. The maximum atomic E-state index is 14.9. The molecule has 304 valence electrons. The molecule has 1 aliphatic carbocycles. The number of aliphatic hydroxyl groups excluding tert-OH is 2. The maximum absolute atomic E-state index is 14.9. The van der Waals surface area contributed by atoms with Gasteiger partial charge in [-0.3, -0.25) is 0 Å². The Labute approximate surface area is 333 Å². The van der Waals surface area contributed by atoms with Crippen molar-refractivity contribution in [3.05, 3.63) is 124 Å². The predicted octanol–water partition coefficient (Wildman–Crippen LogP) is 10.6. The van der Waals surface area contributed by atoms with Gasteiger partial charge in [0.1, 0.15) is 23.1 Å². The molecular formula is C47H60F2O6S. The summed E-state index contributed by atoms with van der Waals surface area (Å²) in [6, 6.07) is 23.9. The Morgan fingerprint density at radius 2 is 1.14 bits per heavy atom. The predicted molar refractivity (Wildman–Crippen MR) is 219 cm³/mol. The molecule has 0 saturated carbocycles. The zero-order chi connectivity index (χ0) is 40.7. The molecule has 1 heterocycles. The molecule has 0 radical (unpaired) electrons. The van der Waals surface area contributed by atoms with Crippen LogP contribution in [0.25, 0.3) is 0 Å². The van der Waals surface area contributed by atoms with Crippen molar-refractivity contribution in [2.24, 2.45) is 10.8 Å². The highest BCUT2D eigenvalue weighted by Crippen LogP contribution is 2.51. The number of halogens is 2. The molecule has 2 N–H and O–H groups in total. The third kappa shape index (κ3) is 8.70. The van der Waals surface area contributed by atoms with Crippen molar-refractivity contribution in [1.29, 1.82) is 0 Å². The topological polar surface area (TPSA) is 93.1 Å². The van der Waals surface area contributed by atoms with Crippen molar-refractivity contribution >= 4 is 9.84 Å². The average molecular weight is 791 g/mol. The summed E-state index contributed by atoms with van der Waals surface area (Å²) in [6.07, 6.45) is 6.94. The Morgan fingerprint density at radius 3 is 1.66 bits per heavy atom. The first-order valence-electron chi connectivity index (χ1n) is 20.3. The van der Waals surface area contributed by atoms with Gasteiger partial charge in [-0.1, -0.05) is 95.8 Å². The summed E-state index contributed by atoms with van der Waals surface area (Å²) in [7, 11) is -0.536. The van der Waals surface area contributed by atoms with E-state index in [1.165, 1.54) is 30.9 Å². The number of aliphatic hydroxyl groups is 2. The number of unbranched alkanes of at least 4 members (excludes halogenated alkanes) is 2. The van der Waals surface area contributed by atoms with Crippen LogP contribution in [0.1, 0.15) is 125 Å². The van der Waals surface area contributed by atoms with Crippen LogP contribution in [0.3, 0.4) is 0 Å². The second-order valence-electron chi connectivity index (χ2n) is 15.8. The summed E-state index contributed by atoms with van der Waals surface area (Å²) in [6.45, 7) is 8.28. The second-order valence-corrected chi connectivity index (χ2v) is 17.7. The largest absolute Gasteiger partial charge is 0.497 e. The van der Waals surface area contributed by atoms with E-state index in [-0.39, 0.29) is 27.8 Å². The van der Waals surface area contributed by atoms with E-state index >= 15 is 0 Å². The van der Waals surface area contributed by atoms with Crippen molar-refractivity contribution in [3.8, 4) is 11.5 Å². The molecule has 1 aliphatic heterocycles. The van der Waals surface area contributed by atoms with Crippen LogP contribution < -0.4 is 9.47 Å². The van der Waals surface area contributed by atoms with Gasteiger partial charge in [-0.05, 0) is 114 Å². The fourth-order valence-corrected chi connectivity index (χ4v) is 11.5. The first-order valence-corrected chi connectivity index (χ1v) is 21.9. The lowest BCUT2D eigenvalue weighted by molar-refractivity contribution is -0.00217. The number of fused-ring (bicyclic) bond motifs is 2. The van der Waals surface area contributed by atoms with Crippen LogP contribution >= 0.6 is 0 Å². The Hall–Kier alpha value is -3.79. The minimum Gasteiger partial charge on any atom is -0.497 e. The number of benzene rings is 4. The Balaban J connectivity index is 0.000000215. The molecule has 0 bridgehead atoms. The zero-order valence-electron chi connectivity index (χ0n) is 33.9. The highest BCUT2D eigenvalue weighted by atomic mass is 32.2. The quantitative estimate of drug-likeness (QED) is 0.139. The Bertz CT molecular complexity index is 2030. The number of hydrogen-bond donors (Lipinski definition) is 2. The average Bonchev–Trinajstić information content (AvgIpc) is 3.37. The standard InChI is InChI=1S/C24H31FO2.C23H29FO4S/c1-4-6-14-24(5-2)15-13-17-11-12-18(27-3)16-20(17)22(23(24)26)19-9-7-8-10-21(19)25;1-4-6-13-23(5-2)15-29(26,27)20-12-11-16(28-3)14-18(20)21(22(23)25)17-9-7-8-10-19(17)24/h7-12,16,22-23,26H,4-6,13-15H2,1-3H3;7-12,14,21-22,25H,4-6,13,15H2,1-3H3/t22-,23-,24-;21-,22-,23+/m10/s1. The molecule has 0 unspecified atom stereocenters. The van der Waals surface area contributed by atoms with Crippen LogP contribution in [0.4, 0.5) is 8.78 Å². The Kier molecular flexibility index (Phi) is 14.4. The molecular weight excluding hydrogens is 731 g/mol. The second kappa shape index (κ2) is 18.6. The molecule has 4 aromatic carbocycles.